The predicted molar refractivity (Wildman–Crippen MR) is 72.4 cm³/mol. The third kappa shape index (κ3) is 1.93. The van der Waals surface area contributed by atoms with E-state index in [0.29, 0.717) is 0 Å². The number of anilines is 1. The Labute approximate surface area is 107 Å². The van der Waals surface area contributed by atoms with Gasteiger partial charge in [0, 0.05) is 18.8 Å². The van der Waals surface area contributed by atoms with Crippen LogP contribution in [0.15, 0.2) is 36.5 Å². The Morgan fingerprint density at radius 3 is 2.83 bits per heavy atom. The van der Waals surface area contributed by atoms with Gasteiger partial charge in [0.15, 0.2) is 0 Å². The van der Waals surface area contributed by atoms with Gasteiger partial charge in [0.1, 0.15) is 16.6 Å². The zero-order valence-corrected chi connectivity index (χ0v) is 10.5. The van der Waals surface area contributed by atoms with Gasteiger partial charge in [0.2, 0.25) is 0 Å². The molecule has 0 fully saturated rings. The van der Waals surface area contributed by atoms with E-state index in [4.69, 9.17) is 0 Å². The number of halogens is 1. The molecular weight excluding hydrogens is 249 g/mol. The van der Waals surface area contributed by atoms with Gasteiger partial charge in [-0.05, 0) is 30.3 Å². The fourth-order valence-corrected chi connectivity index (χ4v) is 2.67. The van der Waals surface area contributed by atoms with Gasteiger partial charge in [-0.15, -0.1) is 11.3 Å². The molecule has 0 radical (unpaired) electrons. The number of fused-ring (bicyclic) bond motifs is 1. The molecule has 0 aliphatic carbocycles. The molecule has 18 heavy (non-hydrogen) atoms. The van der Waals surface area contributed by atoms with Crippen molar-refractivity contribution in [1.29, 1.82) is 0 Å². The van der Waals surface area contributed by atoms with Gasteiger partial charge < -0.3 is 5.32 Å². The van der Waals surface area contributed by atoms with E-state index in [1.165, 1.54) is 23.5 Å². The quantitative estimate of drug-likeness (QED) is 0.765. The summed E-state index contributed by atoms with van der Waals surface area (Å²) in [4.78, 5) is 8.71. The molecule has 0 aliphatic rings. The minimum atomic E-state index is -0.235. The minimum absolute atomic E-state index is 0.235. The Hall–Kier alpha value is -2.01. The number of pyridine rings is 1. The van der Waals surface area contributed by atoms with Crippen molar-refractivity contribution in [2.45, 2.75) is 0 Å². The number of hydrogen-bond donors (Lipinski definition) is 1. The van der Waals surface area contributed by atoms with E-state index in [2.05, 4.69) is 15.3 Å². The van der Waals surface area contributed by atoms with Crippen molar-refractivity contribution < 1.29 is 4.39 Å². The van der Waals surface area contributed by atoms with Gasteiger partial charge in [-0.1, -0.05) is 0 Å². The second-order valence-corrected chi connectivity index (χ2v) is 4.84. The standard InChI is InChI=1S/C13H10FN3S/c1-15-12-5-2-8(7-16-12)13-17-10-4-3-9(14)6-11(10)18-13/h2-7H,1H3,(H,15,16). The van der Waals surface area contributed by atoms with Crippen molar-refractivity contribution in [1.82, 2.24) is 9.97 Å². The summed E-state index contributed by atoms with van der Waals surface area (Å²) in [7, 11) is 1.82. The van der Waals surface area contributed by atoms with E-state index in [1.54, 1.807) is 12.3 Å². The number of aromatic nitrogens is 2. The highest BCUT2D eigenvalue weighted by atomic mass is 32.1. The van der Waals surface area contributed by atoms with Crippen LogP contribution in [0.4, 0.5) is 10.2 Å². The Bertz CT molecular complexity index is 691. The molecule has 2 heterocycles. The first-order valence-electron chi connectivity index (χ1n) is 5.46. The summed E-state index contributed by atoms with van der Waals surface area (Å²) in [6.45, 7) is 0. The van der Waals surface area contributed by atoms with Gasteiger partial charge in [0.05, 0.1) is 10.2 Å². The van der Waals surface area contributed by atoms with Crippen LogP contribution in [0.1, 0.15) is 0 Å². The van der Waals surface area contributed by atoms with Gasteiger partial charge >= 0.3 is 0 Å². The maximum Gasteiger partial charge on any atom is 0.126 e. The molecular formula is C13H10FN3S. The van der Waals surface area contributed by atoms with Crippen LogP contribution >= 0.6 is 11.3 Å². The molecule has 2 aromatic heterocycles. The molecule has 3 rings (SSSR count). The Kier molecular flexibility index (Phi) is 2.68. The fraction of sp³-hybridized carbons (Fsp3) is 0.0769. The Morgan fingerprint density at radius 2 is 2.11 bits per heavy atom. The highest BCUT2D eigenvalue weighted by Crippen LogP contribution is 2.30. The first kappa shape index (κ1) is 11.1. The van der Waals surface area contributed by atoms with Crippen molar-refractivity contribution in [2.24, 2.45) is 0 Å². The van der Waals surface area contributed by atoms with Crippen LogP contribution < -0.4 is 5.32 Å². The third-order valence-corrected chi connectivity index (χ3v) is 3.68. The van der Waals surface area contributed by atoms with Crippen LogP contribution in [0.3, 0.4) is 0 Å². The van der Waals surface area contributed by atoms with Gasteiger partial charge in [-0.2, -0.15) is 0 Å². The maximum atomic E-state index is 13.1. The van der Waals surface area contributed by atoms with E-state index in [0.717, 1.165) is 26.6 Å². The zero-order chi connectivity index (χ0) is 12.5. The molecule has 0 amide bonds. The number of rotatable bonds is 2. The third-order valence-electron chi connectivity index (χ3n) is 2.62. The van der Waals surface area contributed by atoms with Crippen LogP contribution in [0.2, 0.25) is 0 Å². The van der Waals surface area contributed by atoms with E-state index in [-0.39, 0.29) is 5.82 Å². The number of nitrogens with one attached hydrogen (secondary N) is 1. The lowest BCUT2D eigenvalue weighted by Gasteiger charge is -1.99. The highest BCUT2D eigenvalue weighted by molar-refractivity contribution is 7.21. The van der Waals surface area contributed by atoms with Gasteiger partial charge in [-0.25, -0.2) is 14.4 Å². The van der Waals surface area contributed by atoms with E-state index in [1.807, 2.05) is 19.2 Å². The molecule has 0 saturated carbocycles. The topological polar surface area (TPSA) is 37.8 Å². The lowest BCUT2D eigenvalue weighted by molar-refractivity contribution is 0.630. The first-order chi connectivity index (χ1) is 8.76. The molecule has 90 valence electrons. The average Bonchev–Trinajstić information content (AvgIpc) is 2.81. The number of thiazole rings is 1. The summed E-state index contributed by atoms with van der Waals surface area (Å²) in [6, 6.07) is 8.47. The smallest absolute Gasteiger partial charge is 0.126 e. The summed E-state index contributed by atoms with van der Waals surface area (Å²) in [5, 5.41) is 3.81. The van der Waals surface area contributed by atoms with Crippen molar-refractivity contribution in [2.75, 3.05) is 12.4 Å². The highest BCUT2D eigenvalue weighted by Gasteiger charge is 2.07. The maximum absolute atomic E-state index is 13.1. The van der Waals surface area contributed by atoms with Crippen LogP contribution in [-0.4, -0.2) is 17.0 Å². The molecule has 0 unspecified atom stereocenters. The summed E-state index contributed by atoms with van der Waals surface area (Å²) in [5.41, 5.74) is 1.75. The molecule has 3 nitrogen and oxygen atoms in total. The molecule has 0 atom stereocenters. The molecule has 5 heteroatoms. The SMILES string of the molecule is CNc1ccc(-c2nc3ccc(F)cc3s2)cn1. The summed E-state index contributed by atoms with van der Waals surface area (Å²) < 4.78 is 14.0. The Balaban J connectivity index is 2.07. The second kappa shape index (κ2) is 4.34. The number of nitrogens with zero attached hydrogens (tertiary/aromatic N) is 2. The van der Waals surface area contributed by atoms with Crippen molar-refractivity contribution in [3.63, 3.8) is 0 Å². The lowest BCUT2D eigenvalue weighted by Crippen LogP contribution is -1.90. The largest absolute Gasteiger partial charge is 0.373 e. The molecule has 1 aromatic carbocycles. The van der Waals surface area contributed by atoms with E-state index < -0.39 is 0 Å². The molecule has 0 spiro atoms. The normalized spacial score (nSPS) is 10.8. The summed E-state index contributed by atoms with van der Waals surface area (Å²) in [5.74, 6) is 0.576. The van der Waals surface area contributed by atoms with Gasteiger partial charge in [-0.3, -0.25) is 0 Å². The summed E-state index contributed by atoms with van der Waals surface area (Å²) >= 11 is 1.47. The molecule has 3 aromatic rings. The predicted octanol–water partition coefficient (Wildman–Crippen LogP) is 3.54. The monoisotopic (exact) mass is 259 g/mol. The van der Waals surface area contributed by atoms with E-state index >= 15 is 0 Å². The van der Waals surface area contributed by atoms with E-state index in [9.17, 15) is 4.39 Å². The van der Waals surface area contributed by atoms with Crippen LogP contribution in [0.25, 0.3) is 20.8 Å². The van der Waals surface area contributed by atoms with Crippen molar-refractivity contribution >= 4 is 27.4 Å². The van der Waals surface area contributed by atoms with Crippen LogP contribution in [0.5, 0.6) is 0 Å². The number of hydrogen-bond acceptors (Lipinski definition) is 4. The zero-order valence-electron chi connectivity index (χ0n) is 9.64. The molecule has 0 saturated heterocycles. The Morgan fingerprint density at radius 1 is 1.22 bits per heavy atom. The van der Waals surface area contributed by atoms with Crippen LogP contribution in [0, 0.1) is 5.82 Å². The molecule has 0 bridgehead atoms. The van der Waals surface area contributed by atoms with Crippen molar-refractivity contribution in [3.05, 3.63) is 42.3 Å². The van der Waals surface area contributed by atoms with Gasteiger partial charge in [0.25, 0.3) is 0 Å². The van der Waals surface area contributed by atoms with Crippen LogP contribution in [-0.2, 0) is 0 Å². The number of benzene rings is 1. The molecule has 0 aliphatic heterocycles. The molecule has 1 N–H and O–H groups in total. The fourth-order valence-electron chi connectivity index (χ4n) is 1.69. The average molecular weight is 259 g/mol. The van der Waals surface area contributed by atoms with Crippen molar-refractivity contribution in [3.8, 4) is 10.6 Å². The first-order valence-corrected chi connectivity index (χ1v) is 6.28. The second-order valence-electron chi connectivity index (χ2n) is 3.81. The lowest BCUT2D eigenvalue weighted by atomic mass is 10.3. The summed E-state index contributed by atoms with van der Waals surface area (Å²) in [6.07, 6.45) is 1.76. The minimum Gasteiger partial charge on any atom is -0.373 e.